The molecule has 0 aliphatic carbocycles. The summed E-state index contributed by atoms with van der Waals surface area (Å²) >= 11 is 0. The highest BCUT2D eigenvalue weighted by Gasteiger charge is 2.28. The standard InChI is InChI=1S/C44H86N2O4/c1-5-7-9-11-13-15-17-19-21-23-25-27-29-31-33-35-38-49-42(41-48-40-37-46(3)4)43(44(45)47)50-39-36-34-32-30-28-26-24-22-20-18-16-14-12-10-8-6-2/h19-22,42-43H,5-18,23-41H2,1-4H3,(H2,45,47)/b21-19-,22-20-. The molecule has 0 aromatic rings. The van der Waals surface area contributed by atoms with E-state index in [1.165, 1.54) is 154 Å². The Labute approximate surface area is 312 Å². The van der Waals surface area contributed by atoms with Gasteiger partial charge in [-0.15, -0.1) is 0 Å². The van der Waals surface area contributed by atoms with Crippen LogP contribution in [0.2, 0.25) is 0 Å². The lowest BCUT2D eigenvalue weighted by Crippen LogP contribution is -2.45. The fourth-order valence-corrected chi connectivity index (χ4v) is 6.19. The van der Waals surface area contributed by atoms with Gasteiger partial charge in [0.2, 0.25) is 5.91 Å². The zero-order chi connectivity index (χ0) is 36.6. The van der Waals surface area contributed by atoms with Crippen molar-refractivity contribution in [3.05, 3.63) is 24.3 Å². The Morgan fingerprint density at radius 1 is 0.520 bits per heavy atom. The summed E-state index contributed by atoms with van der Waals surface area (Å²) in [4.78, 5) is 14.5. The molecule has 0 heterocycles. The van der Waals surface area contributed by atoms with Crippen LogP contribution >= 0.6 is 0 Å². The number of carbonyl (C=O) groups is 1. The van der Waals surface area contributed by atoms with Crippen LogP contribution in [0.15, 0.2) is 24.3 Å². The van der Waals surface area contributed by atoms with Crippen molar-refractivity contribution in [2.24, 2.45) is 5.73 Å². The number of carbonyl (C=O) groups excluding carboxylic acids is 1. The Bertz CT molecular complexity index is 742. The van der Waals surface area contributed by atoms with Crippen molar-refractivity contribution in [3.63, 3.8) is 0 Å². The van der Waals surface area contributed by atoms with E-state index in [2.05, 4.69) is 43.1 Å². The first-order valence-corrected chi connectivity index (χ1v) is 21.6. The first-order valence-electron chi connectivity index (χ1n) is 21.6. The van der Waals surface area contributed by atoms with E-state index < -0.39 is 18.1 Å². The third kappa shape index (κ3) is 36.6. The minimum absolute atomic E-state index is 0.321. The predicted molar refractivity (Wildman–Crippen MR) is 217 cm³/mol. The molecule has 0 aliphatic heterocycles. The maximum atomic E-state index is 12.4. The van der Waals surface area contributed by atoms with E-state index in [4.69, 9.17) is 19.9 Å². The van der Waals surface area contributed by atoms with Crippen molar-refractivity contribution >= 4 is 5.91 Å². The van der Waals surface area contributed by atoms with Gasteiger partial charge in [0.25, 0.3) is 0 Å². The summed E-state index contributed by atoms with van der Waals surface area (Å²) in [5.74, 6) is -0.461. The van der Waals surface area contributed by atoms with Gasteiger partial charge >= 0.3 is 0 Å². The highest BCUT2D eigenvalue weighted by atomic mass is 16.6. The summed E-state index contributed by atoms with van der Waals surface area (Å²) in [6, 6.07) is 0. The molecule has 296 valence electrons. The van der Waals surface area contributed by atoms with Gasteiger partial charge in [-0.05, 0) is 78.3 Å². The lowest BCUT2D eigenvalue weighted by molar-refractivity contribution is -0.148. The zero-order valence-corrected chi connectivity index (χ0v) is 34.0. The molecule has 1 amide bonds. The van der Waals surface area contributed by atoms with E-state index >= 15 is 0 Å². The van der Waals surface area contributed by atoms with Crippen molar-refractivity contribution < 1.29 is 19.0 Å². The van der Waals surface area contributed by atoms with Gasteiger partial charge in [-0.2, -0.15) is 0 Å². The first kappa shape index (κ1) is 48.8. The number of hydrogen-bond donors (Lipinski definition) is 1. The molecule has 0 saturated carbocycles. The lowest BCUT2D eigenvalue weighted by Gasteiger charge is -2.25. The molecule has 2 N–H and O–H groups in total. The Hall–Kier alpha value is -1.21. The van der Waals surface area contributed by atoms with Gasteiger partial charge in [0.15, 0.2) is 6.10 Å². The fraction of sp³-hybridized carbons (Fsp3) is 0.886. The Morgan fingerprint density at radius 2 is 0.880 bits per heavy atom. The summed E-state index contributed by atoms with van der Waals surface area (Å²) in [5.41, 5.74) is 5.81. The zero-order valence-electron chi connectivity index (χ0n) is 34.0. The van der Waals surface area contributed by atoms with Crippen molar-refractivity contribution in [2.45, 2.75) is 206 Å². The first-order chi connectivity index (χ1) is 24.5. The monoisotopic (exact) mass is 707 g/mol. The third-order valence-electron chi connectivity index (χ3n) is 9.52. The van der Waals surface area contributed by atoms with E-state index in [0.29, 0.717) is 26.4 Å². The molecule has 0 aromatic carbocycles. The van der Waals surface area contributed by atoms with Crippen LogP contribution in [0, 0.1) is 0 Å². The van der Waals surface area contributed by atoms with E-state index in [-0.39, 0.29) is 0 Å². The summed E-state index contributed by atoms with van der Waals surface area (Å²) in [6.45, 7) is 7.40. The highest BCUT2D eigenvalue weighted by Crippen LogP contribution is 2.14. The van der Waals surface area contributed by atoms with Gasteiger partial charge in [0, 0.05) is 19.8 Å². The van der Waals surface area contributed by atoms with Crippen LogP contribution in [0.1, 0.15) is 194 Å². The quantitative estimate of drug-likeness (QED) is 0.0506. The molecule has 0 fully saturated rings. The van der Waals surface area contributed by atoms with Crippen molar-refractivity contribution in [1.82, 2.24) is 4.90 Å². The van der Waals surface area contributed by atoms with Crippen molar-refractivity contribution in [2.75, 3.05) is 47.1 Å². The van der Waals surface area contributed by atoms with Crippen LogP contribution in [0.4, 0.5) is 0 Å². The third-order valence-corrected chi connectivity index (χ3v) is 9.52. The molecule has 0 aliphatic rings. The smallest absolute Gasteiger partial charge is 0.249 e. The van der Waals surface area contributed by atoms with Gasteiger partial charge in [-0.25, -0.2) is 0 Å². The van der Waals surface area contributed by atoms with Gasteiger partial charge in [0.05, 0.1) is 13.2 Å². The molecule has 0 rings (SSSR count). The predicted octanol–water partition coefficient (Wildman–Crippen LogP) is 11.9. The number of nitrogens with zero attached hydrogens (tertiary/aromatic N) is 1. The number of ether oxygens (including phenoxy) is 3. The molecular formula is C44H86N2O4. The fourth-order valence-electron chi connectivity index (χ4n) is 6.19. The number of primary amides is 1. The molecular weight excluding hydrogens is 620 g/mol. The van der Waals surface area contributed by atoms with Crippen LogP contribution in [-0.2, 0) is 19.0 Å². The number of hydrogen-bond acceptors (Lipinski definition) is 5. The number of amides is 1. The molecule has 0 aromatic heterocycles. The second kappa shape index (κ2) is 40.6. The molecule has 0 radical (unpaired) electrons. The van der Waals surface area contributed by atoms with Crippen molar-refractivity contribution in [3.8, 4) is 0 Å². The summed E-state index contributed by atoms with van der Waals surface area (Å²) < 4.78 is 18.1. The van der Waals surface area contributed by atoms with Crippen LogP contribution < -0.4 is 5.73 Å². The number of likely N-dealkylation sites (N-methyl/N-ethyl adjacent to an activating group) is 1. The Kier molecular flexibility index (Phi) is 39.6. The van der Waals surface area contributed by atoms with E-state index in [1.807, 2.05) is 14.1 Å². The number of nitrogens with two attached hydrogens (primary N) is 1. The molecule has 6 heteroatoms. The normalized spacial score (nSPS) is 13.3. The number of rotatable bonds is 41. The van der Waals surface area contributed by atoms with Gasteiger partial charge in [0.1, 0.15) is 6.10 Å². The van der Waals surface area contributed by atoms with Gasteiger partial charge < -0.3 is 24.8 Å². The summed E-state index contributed by atoms with van der Waals surface area (Å²) in [7, 11) is 4.05. The second-order valence-corrected chi connectivity index (χ2v) is 14.9. The summed E-state index contributed by atoms with van der Waals surface area (Å²) in [5, 5.41) is 0. The van der Waals surface area contributed by atoms with Gasteiger partial charge in [-0.1, -0.05) is 154 Å². The minimum atomic E-state index is -0.772. The molecule has 0 saturated heterocycles. The molecule has 2 atom stereocenters. The van der Waals surface area contributed by atoms with Crippen LogP contribution in [0.5, 0.6) is 0 Å². The average Bonchev–Trinajstić information content (AvgIpc) is 3.10. The largest absolute Gasteiger partial charge is 0.377 e. The molecule has 6 nitrogen and oxygen atoms in total. The summed E-state index contributed by atoms with van der Waals surface area (Å²) in [6.07, 6.45) is 43.9. The van der Waals surface area contributed by atoms with Gasteiger partial charge in [-0.3, -0.25) is 4.79 Å². The maximum absolute atomic E-state index is 12.4. The molecule has 50 heavy (non-hydrogen) atoms. The van der Waals surface area contributed by atoms with E-state index in [9.17, 15) is 4.79 Å². The van der Waals surface area contributed by atoms with Crippen LogP contribution in [0.25, 0.3) is 0 Å². The Morgan fingerprint density at radius 3 is 1.26 bits per heavy atom. The molecule has 2 unspecified atom stereocenters. The number of allylic oxidation sites excluding steroid dienone is 4. The molecule has 0 bridgehead atoms. The molecule has 0 spiro atoms. The van der Waals surface area contributed by atoms with Crippen LogP contribution in [-0.4, -0.2) is 70.1 Å². The maximum Gasteiger partial charge on any atom is 0.249 e. The van der Waals surface area contributed by atoms with E-state index in [0.717, 1.165) is 32.2 Å². The Balaban J connectivity index is 4.11. The van der Waals surface area contributed by atoms with Crippen molar-refractivity contribution in [1.29, 1.82) is 0 Å². The van der Waals surface area contributed by atoms with Crippen LogP contribution in [0.3, 0.4) is 0 Å². The van der Waals surface area contributed by atoms with E-state index in [1.54, 1.807) is 0 Å². The lowest BCUT2D eigenvalue weighted by atomic mass is 10.1. The number of unbranched alkanes of at least 4 members (excludes halogenated alkanes) is 24. The highest BCUT2D eigenvalue weighted by molar-refractivity contribution is 5.79. The minimum Gasteiger partial charge on any atom is -0.377 e. The second-order valence-electron chi connectivity index (χ2n) is 14.9. The average molecular weight is 707 g/mol. The topological polar surface area (TPSA) is 74.0 Å². The SMILES string of the molecule is CCCCCCCC/C=C\CCCCCCCCOC(COCCN(C)C)C(OCCCCCCCC/C=C\CCCCCCCC)C(N)=O.